The number of carbonyl (C=O) groups excluding carboxylic acids is 2. The monoisotopic (exact) mass is 278 g/mol. The second-order valence-electron chi connectivity index (χ2n) is 4.46. The summed E-state index contributed by atoms with van der Waals surface area (Å²) in [6.07, 6.45) is 0.905. The lowest BCUT2D eigenvalue weighted by atomic mass is 10.1. The SMILES string of the molecule is CCCCOC(=O)N1Cc2ccc([N+](=O)[O-])cc2C1=O. The maximum absolute atomic E-state index is 12.0. The number of nitrogens with zero attached hydrogens (tertiary/aromatic N) is 2. The number of non-ortho nitro benzene ring substituents is 1. The number of imide groups is 1. The Morgan fingerprint density at radius 1 is 1.50 bits per heavy atom. The number of amides is 2. The summed E-state index contributed by atoms with van der Waals surface area (Å²) < 4.78 is 4.98. The van der Waals surface area contributed by atoms with Crippen molar-refractivity contribution in [2.45, 2.75) is 26.3 Å². The van der Waals surface area contributed by atoms with Crippen LogP contribution in [-0.4, -0.2) is 28.4 Å². The number of rotatable bonds is 4. The van der Waals surface area contributed by atoms with Crippen LogP contribution >= 0.6 is 0 Å². The molecule has 0 aliphatic carbocycles. The van der Waals surface area contributed by atoms with Gasteiger partial charge in [-0.2, -0.15) is 0 Å². The number of unbranched alkanes of at least 4 members (excludes halogenated alkanes) is 1. The zero-order valence-electron chi connectivity index (χ0n) is 11.0. The van der Waals surface area contributed by atoms with Gasteiger partial charge in [0.1, 0.15) is 0 Å². The molecule has 106 valence electrons. The Labute approximate surface area is 115 Å². The molecule has 1 aromatic rings. The van der Waals surface area contributed by atoms with Crippen LogP contribution in [0.5, 0.6) is 0 Å². The normalized spacial score (nSPS) is 13.2. The summed E-state index contributed by atoms with van der Waals surface area (Å²) in [6, 6.07) is 4.00. The fourth-order valence-corrected chi connectivity index (χ4v) is 1.93. The lowest BCUT2D eigenvalue weighted by molar-refractivity contribution is -0.384. The summed E-state index contributed by atoms with van der Waals surface area (Å²) >= 11 is 0. The molecule has 1 aliphatic rings. The highest BCUT2D eigenvalue weighted by Gasteiger charge is 2.34. The van der Waals surface area contributed by atoms with Crippen molar-refractivity contribution in [3.05, 3.63) is 39.4 Å². The Morgan fingerprint density at radius 3 is 2.90 bits per heavy atom. The summed E-state index contributed by atoms with van der Waals surface area (Å²) in [5.74, 6) is -0.551. The average molecular weight is 278 g/mol. The summed E-state index contributed by atoms with van der Waals surface area (Å²) in [6.45, 7) is 2.32. The first-order chi connectivity index (χ1) is 9.54. The number of fused-ring (bicyclic) bond motifs is 1. The van der Waals surface area contributed by atoms with E-state index in [2.05, 4.69) is 0 Å². The Morgan fingerprint density at radius 2 is 2.25 bits per heavy atom. The predicted octanol–water partition coefficient (Wildman–Crippen LogP) is 2.49. The van der Waals surface area contributed by atoms with Crippen LogP contribution in [0.3, 0.4) is 0 Å². The van der Waals surface area contributed by atoms with Crippen molar-refractivity contribution in [3.8, 4) is 0 Å². The van der Waals surface area contributed by atoms with Gasteiger partial charge in [-0.15, -0.1) is 0 Å². The van der Waals surface area contributed by atoms with Gasteiger partial charge in [0.15, 0.2) is 0 Å². The maximum atomic E-state index is 12.0. The molecule has 1 aromatic carbocycles. The average Bonchev–Trinajstić information content (AvgIpc) is 2.76. The third kappa shape index (κ3) is 2.61. The molecule has 1 heterocycles. The molecule has 0 saturated carbocycles. The Balaban J connectivity index is 2.13. The lowest BCUT2D eigenvalue weighted by Gasteiger charge is -2.13. The van der Waals surface area contributed by atoms with Gasteiger partial charge in [-0.05, 0) is 18.1 Å². The highest BCUT2D eigenvalue weighted by molar-refractivity contribution is 6.06. The third-order valence-corrected chi connectivity index (χ3v) is 3.05. The zero-order valence-corrected chi connectivity index (χ0v) is 11.0. The first-order valence-electron chi connectivity index (χ1n) is 6.30. The number of nitro groups is 1. The van der Waals surface area contributed by atoms with Gasteiger partial charge in [0.2, 0.25) is 0 Å². The van der Waals surface area contributed by atoms with Crippen molar-refractivity contribution >= 4 is 17.7 Å². The van der Waals surface area contributed by atoms with E-state index in [9.17, 15) is 19.7 Å². The van der Waals surface area contributed by atoms with Crippen molar-refractivity contribution in [2.24, 2.45) is 0 Å². The molecule has 0 atom stereocenters. The van der Waals surface area contributed by atoms with Crippen LogP contribution in [0.1, 0.15) is 35.7 Å². The predicted molar refractivity (Wildman–Crippen MR) is 69.2 cm³/mol. The van der Waals surface area contributed by atoms with Crippen LogP contribution in [0.15, 0.2) is 18.2 Å². The van der Waals surface area contributed by atoms with E-state index < -0.39 is 16.9 Å². The summed E-state index contributed by atoms with van der Waals surface area (Å²) in [7, 11) is 0. The molecular formula is C13H14N2O5. The second kappa shape index (κ2) is 5.68. The lowest BCUT2D eigenvalue weighted by Crippen LogP contribution is -2.32. The smallest absolute Gasteiger partial charge is 0.417 e. The Bertz CT molecular complexity index is 570. The van der Waals surface area contributed by atoms with Crippen LogP contribution < -0.4 is 0 Å². The van der Waals surface area contributed by atoms with Crippen LogP contribution in [-0.2, 0) is 11.3 Å². The van der Waals surface area contributed by atoms with Gasteiger partial charge in [0.25, 0.3) is 11.6 Å². The van der Waals surface area contributed by atoms with E-state index in [0.29, 0.717) is 5.56 Å². The quantitative estimate of drug-likeness (QED) is 0.479. The highest BCUT2D eigenvalue weighted by Crippen LogP contribution is 2.27. The highest BCUT2D eigenvalue weighted by atomic mass is 16.6. The molecule has 0 unspecified atom stereocenters. The van der Waals surface area contributed by atoms with Crippen LogP contribution in [0.4, 0.5) is 10.5 Å². The molecule has 0 bridgehead atoms. The summed E-state index contributed by atoms with van der Waals surface area (Å²) in [5, 5.41) is 10.7. The van der Waals surface area contributed by atoms with E-state index in [0.717, 1.165) is 17.7 Å². The largest absolute Gasteiger partial charge is 0.449 e. The molecule has 0 saturated heterocycles. The second-order valence-corrected chi connectivity index (χ2v) is 4.46. The number of carbonyl (C=O) groups is 2. The van der Waals surface area contributed by atoms with Gasteiger partial charge in [-0.3, -0.25) is 14.9 Å². The van der Waals surface area contributed by atoms with Gasteiger partial charge in [-0.1, -0.05) is 13.3 Å². The minimum absolute atomic E-state index is 0.0944. The van der Waals surface area contributed by atoms with Gasteiger partial charge in [-0.25, -0.2) is 9.69 Å². The Kier molecular flexibility index (Phi) is 3.97. The molecule has 0 spiro atoms. The minimum atomic E-state index is -0.706. The van der Waals surface area contributed by atoms with Crippen LogP contribution in [0.2, 0.25) is 0 Å². The van der Waals surface area contributed by atoms with Crippen LogP contribution in [0.25, 0.3) is 0 Å². The van der Waals surface area contributed by atoms with E-state index in [1.165, 1.54) is 18.2 Å². The molecule has 0 aromatic heterocycles. The van der Waals surface area contributed by atoms with E-state index in [4.69, 9.17) is 4.74 Å². The van der Waals surface area contributed by atoms with E-state index in [1.54, 1.807) is 0 Å². The first-order valence-corrected chi connectivity index (χ1v) is 6.30. The summed E-state index contributed by atoms with van der Waals surface area (Å²) in [4.78, 5) is 34.9. The first kappa shape index (κ1) is 14.0. The maximum Gasteiger partial charge on any atom is 0.417 e. The summed E-state index contributed by atoms with van der Waals surface area (Å²) in [5.41, 5.74) is 0.609. The Hall–Kier alpha value is -2.44. The minimum Gasteiger partial charge on any atom is -0.449 e. The fraction of sp³-hybridized carbons (Fsp3) is 0.385. The van der Waals surface area contributed by atoms with Gasteiger partial charge in [0.05, 0.1) is 23.6 Å². The number of hydrogen-bond donors (Lipinski definition) is 0. The third-order valence-electron chi connectivity index (χ3n) is 3.05. The number of benzene rings is 1. The zero-order chi connectivity index (χ0) is 14.7. The molecular weight excluding hydrogens is 264 g/mol. The van der Waals surface area contributed by atoms with E-state index in [-0.39, 0.29) is 24.4 Å². The topological polar surface area (TPSA) is 89.8 Å². The molecule has 2 rings (SSSR count). The van der Waals surface area contributed by atoms with E-state index >= 15 is 0 Å². The molecule has 20 heavy (non-hydrogen) atoms. The molecule has 2 amide bonds. The van der Waals surface area contributed by atoms with Gasteiger partial charge >= 0.3 is 6.09 Å². The molecule has 0 N–H and O–H groups in total. The van der Waals surface area contributed by atoms with Crippen molar-refractivity contribution in [3.63, 3.8) is 0 Å². The fourth-order valence-electron chi connectivity index (χ4n) is 1.93. The van der Waals surface area contributed by atoms with Crippen molar-refractivity contribution in [1.29, 1.82) is 0 Å². The number of nitro benzene ring substituents is 1. The van der Waals surface area contributed by atoms with Gasteiger partial charge < -0.3 is 4.74 Å². The molecule has 0 radical (unpaired) electrons. The molecule has 7 heteroatoms. The van der Waals surface area contributed by atoms with Crippen LogP contribution in [0, 0.1) is 10.1 Å². The molecule has 1 aliphatic heterocycles. The van der Waals surface area contributed by atoms with Crippen molar-refractivity contribution in [2.75, 3.05) is 6.61 Å². The van der Waals surface area contributed by atoms with E-state index in [1.807, 2.05) is 6.92 Å². The molecule has 7 nitrogen and oxygen atoms in total. The number of ether oxygens (including phenoxy) is 1. The van der Waals surface area contributed by atoms with Gasteiger partial charge in [0, 0.05) is 12.1 Å². The standard InChI is InChI=1S/C13H14N2O5/c1-2-3-6-20-13(17)14-8-9-4-5-10(15(18)19)7-11(9)12(14)16/h4-5,7H,2-3,6,8H2,1H3. The number of hydrogen-bond acceptors (Lipinski definition) is 5. The van der Waals surface area contributed by atoms with Crippen molar-refractivity contribution < 1.29 is 19.2 Å². The molecule has 0 fully saturated rings. The van der Waals surface area contributed by atoms with Crippen molar-refractivity contribution in [1.82, 2.24) is 4.90 Å².